The molecule has 2 unspecified atom stereocenters. The average Bonchev–Trinajstić information content (AvgIpc) is 3.13. The molecule has 0 bridgehead atoms. The lowest BCUT2D eigenvalue weighted by Gasteiger charge is -2.42. The lowest BCUT2D eigenvalue weighted by Crippen LogP contribution is -2.57. The Balaban J connectivity index is 0.00000240. The molecule has 0 aromatic heterocycles. The summed E-state index contributed by atoms with van der Waals surface area (Å²) in [6, 6.07) is 14.5. The van der Waals surface area contributed by atoms with Gasteiger partial charge in [0.15, 0.2) is 0 Å². The molecule has 3 atom stereocenters. The van der Waals surface area contributed by atoms with Gasteiger partial charge >= 0.3 is 0 Å². The zero-order chi connectivity index (χ0) is 19.5. The maximum absolute atomic E-state index is 13.3. The number of rotatable bonds is 5. The third-order valence-corrected chi connectivity index (χ3v) is 6.73. The standard InChI is InChI=1S/C22H29N3O2S.CH4/c26-13-9-17-14-25(12-11-24(17)15-20-21(28)8-10-23-20)22(27)19-7-3-5-16-4-1-2-6-18(16)19;/h1-7,17,20-21,23,26,28H,8-15H2;1H4/t17-,20?,21?;/m0./s1. The number of piperazine rings is 1. The zero-order valence-electron chi connectivity index (χ0n) is 16.1. The van der Waals surface area contributed by atoms with Crippen molar-refractivity contribution in [1.29, 1.82) is 0 Å². The van der Waals surface area contributed by atoms with Crippen LogP contribution in [0.5, 0.6) is 0 Å². The summed E-state index contributed by atoms with van der Waals surface area (Å²) in [4.78, 5) is 17.7. The van der Waals surface area contributed by atoms with Crippen molar-refractivity contribution in [3.05, 3.63) is 48.0 Å². The van der Waals surface area contributed by atoms with Gasteiger partial charge < -0.3 is 15.3 Å². The first-order valence-electron chi connectivity index (χ1n) is 10.2. The number of hydrogen-bond acceptors (Lipinski definition) is 5. The van der Waals surface area contributed by atoms with Crippen LogP contribution < -0.4 is 5.32 Å². The summed E-state index contributed by atoms with van der Waals surface area (Å²) in [5.41, 5.74) is 0.766. The van der Waals surface area contributed by atoms with E-state index in [4.69, 9.17) is 12.6 Å². The van der Waals surface area contributed by atoms with Gasteiger partial charge in [-0.15, -0.1) is 0 Å². The molecule has 0 saturated carbocycles. The van der Waals surface area contributed by atoms with Crippen LogP contribution in [0.25, 0.3) is 10.8 Å². The van der Waals surface area contributed by atoms with Crippen molar-refractivity contribution in [1.82, 2.24) is 15.1 Å². The van der Waals surface area contributed by atoms with Crippen molar-refractivity contribution in [3.8, 4) is 0 Å². The Hall–Kier alpha value is -1.60. The van der Waals surface area contributed by atoms with Crippen LogP contribution in [0.1, 0.15) is 30.6 Å². The highest BCUT2D eigenvalue weighted by Crippen LogP contribution is 2.23. The van der Waals surface area contributed by atoms with E-state index in [0.29, 0.717) is 30.8 Å². The first-order chi connectivity index (χ1) is 13.7. The van der Waals surface area contributed by atoms with E-state index in [1.54, 1.807) is 0 Å². The van der Waals surface area contributed by atoms with E-state index in [1.165, 1.54) is 0 Å². The number of benzene rings is 2. The molecule has 1 amide bonds. The molecule has 5 nitrogen and oxygen atoms in total. The number of carbonyl (C=O) groups is 1. The van der Waals surface area contributed by atoms with Gasteiger partial charge in [-0.05, 0) is 36.2 Å². The number of hydrogen-bond donors (Lipinski definition) is 3. The van der Waals surface area contributed by atoms with Crippen molar-refractivity contribution in [2.24, 2.45) is 0 Å². The van der Waals surface area contributed by atoms with Crippen molar-refractivity contribution in [3.63, 3.8) is 0 Å². The Morgan fingerprint density at radius 3 is 2.72 bits per heavy atom. The first-order valence-corrected chi connectivity index (χ1v) is 10.7. The molecule has 2 N–H and O–H groups in total. The normalized spacial score (nSPS) is 25.2. The number of carbonyl (C=O) groups excluding carboxylic acids is 1. The van der Waals surface area contributed by atoms with Gasteiger partial charge in [-0.25, -0.2) is 0 Å². The van der Waals surface area contributed by atoms with Crippen LogP contribution in [0.4, 0.5) is 0 Å². The predicted molar refractivity (Wildman–Crippen MR) is 123 cm³/mol. The fourth-order valence-electron chi connectivity index (χ4n) is 4.52. The Bertz CT molecular complexity index is 825. The molecule has 2 aromatic carbocycles. The quantitative estimate of drug-likeness (QED) is 0.657. The van der Waals surface area contributed by atoms with Gasteiger partial charge in [-0.2, -0.15) is 12.6 Å². The second kappa shape index (κ2) is 9.94. The van der Waals surface area contributed by atoms with Crippen molar-refractivity contribution >= 4 is 29.3 Å². The summed E-state index contributed by atoms with van der Waals surface area (Å²) in [7, 11) is 0. The number of thiol groups is 1. The molecule has 0 radical (unpaired) electrons. The summed E-state index contributed by atoms with van der Waals surface area (Å²) in [6.07, 6.45) is 1.78. The lowest BCUT2D eigenvalue weighted by molar-refractivity contribution is 0.0400. The highest BCUT2D eigenvalue weighted by atomic mass is 32.1. The van der Waals surface area contributed by atoms with E-state index in [2.05, 4.69) is 10.2 Å². The summed E-state index contributed by atoms with van der Waals surface area (Å²) in [5, 5.41) is 15.6. The molecule has 2 aromatic rings. The molecule has 29 heavy (non-hydrogen) atoms. The van der Waals surface area contributed by atoms with Gasteiger partial charge in [-0.1, -0.05) is 43.8 Å². The minimum Gasteiger partial charge on any atom is -0.396 e. The number of aliphatic hydroxyl groups is 1. The van der Waals surface area contributed by atoms with Gasteiger partial charge in [0.25, 0.3) is 5.91 Å². The fourth-order valence-corrected chi connectivity index (χ4v) is 4.84. The molecule has 4 rings (SSSR count). The topological polar surface area (TPSA) is 55.8 Å². The van der Waals surface area contributed by atoms with E-state index >= 15 is 0 Å². The molecule has 6 heteroatoms. The van der Waals surface area contributed by atoms with Gasteiger partial charge in [0, 0.05) is 55.7 Å². The third-order valence-electron chi connectivity index (χ3n) is 6.12. The smallest absolute Gasteiger partial charge is 0.254 e. The average molecular weight is 416 g/mol. The predicted octanol–water partition coefficient (Wildman–Crippen LogP) is 2.65. The lowest BCUT2D eigenvalue weighted by atomic mass is 10.0. The minimum atomic E-state index is 0. The minimum absolute atomic E-state index is 0. The molecule has 2 fully saturated rings. The number of nitrogens with one attached hydrogen (secondary N) is 1. The summed E-state index contributed by atoms with van der Waals surface area (Å²) < 4.78 is 0. The van der Waals surface area contributed by atoms with Gasteiger partial charge in [0.1, 0.15) is 0 Å². The van der Waals surface area contributed by atoms with Gasteiger partial charge in [0.05, 0.1) is 0 Å². The summed E-state index contributed by atoms with van der Waals surface area (Å²) >= 11 is 4.70. The van der Waals surface area contributed by atoms with Crippen molar-refractivity contribution < 1.29 is 9.90 Å². The molecule has 2 heterocycles. The van der Waals surface area contributed by atoms with E-state index < -0.39 is 0 Å². The Morgan fingerprint density at radius 1 is 1.17 bits per heavy atom. The number of fused-ring (bicyclic) bond motifs is 1. The van der Waals surface area contributed by atoms with Crippen LogP contribution in [0.15, 0.2) is 42.5 Å². The highest BCUT2D eigenvalue weighted by molar-refractivity contribution is 7.81. The van der Waals surface area contributed by atoms with Crippen LogP contribution in [0, 0.1) is 0 Å². The summed E-state index contributed by atoms with van der Waals surface area (Å²) in [5.74, 6) is 0.0884. The molecule has 2 aliphatic heterocycles. The SMILES string of the molecule is C.O=C(c1cccc2ccccc12)N1CCN(CC2NCCC2S)[C@@H](CCO)C1. The van der Waals surface area contributed by atoms with Crippen LogP contribution in [0.2, 0.25) is 0 Å². The Labute approximate surface area is 179 Å². The van der Waals surface area contributed by atoms with Crippen LogP contribution in [-0.4, -0.2) is 77.5 Å². The molecular weight excluding hydrogens is 382 g/mol. The Kier molecular flexibility index (Phi) is 7.57. The largest absolute Gasteiger partial charge is 0.396 e. The van der Waals surface area contributed by atoms with E-state index in [9.17, 15) is 9.90 Å². The maximum Gasteiger partial charge on any atom is 0.254 e. The second-order valence-corrected chi connectivity index (χ2v) is 8.52. The second-order valence-electron chi connectivity index (χ2n) is 7.86. The molecule has 0 aliphatic carbocycles. The fraction of sp³-hybridized carbons (Fsp3) is 0.522. The van der Waals surface area contributed by atoms with Crippen LogP contribution in [0.3, 0.4) is 0 Å². The molecular formula is C23H33N3O2S. The molecule has 0 spiro atoms. The van der Waals surface area contributed by atoms with Gasteiger partial charge in [-0.3, -0.25) is 9.69 Å². The van der Waals surface area contributed by atoms with Crippen LogP contribution >= 0.6 is 12.6 Å². The van der Waals surface area contributed by atoms with E-state index in [0.717, 1.165) is 42.4 Å². The van der Waals surface area contributed by atoms with E-state index in [-0.39, 0.29) is 26.0 Å². The van der Waals surface area contributed by atoms with Crippen molar-refractivity contribution in [2.75, 3.05) is 39.3 Å². The highest BCUT2D eigenvalue weighted by Gasteiger charge is 2.33. The number of nitrogens with zero attached hydrogens (tertiary/aromatic N) is 2. The first kappa shape index (κ1) is 22.1. The third kappa shape index (κ3) is 4.77. The zero-order valence-corrected chi connectivity index (χ0v) is 17.0. The molecule has 2 aliphatic rings. The summed E-state index contributed by atoms with van der Waals surface area (Å²) in [6.45, 7) is 4.29. The monoisotopic (exact) mass is 415 g/mol. The molecule has 158 valence electrons. The van der Waals surface area contributed by atoms with Gasteiger partial charge in [0.2, 0.25) is 0 Å². The number of amides is 1. The van der Waals surface area contributed by atoms with Crippen molar-refractivity contribution in [2.45, 2.75) is 37.6 Å². The number of aliphatic hydroxyl groups excluding tert-OH is 1. The van der Waals surface area contributed by atoms with E-state index in [1.807, 2.05) is 47.4 Å². The molecule has 2 saturated heterocycles. The maximum atomic E-state index is 13.3. The van der Waals surface area contributed by atoms with Crippen LogP contribution in [-0.2, 0) is 0 Å². The Morgan fingerprint density at radius 2 is 1.97 bits per heavy atom.